The minimum Gasteiger partial charge on any atom is -0.476 e. The molecule has 3 aromatic heterocycles. The van der Waals surface area contributed by atoms with Crippen molar-refractivity contribution in [3.8, 4) is 11.7 Å². The fourth-order valence-corrected chi connectivity index (χ4v) is 5.33. The standard InChI is InChI=1S/C26H35N7O4S/c1-6-17(2)16-37-22-12-15-33(30-22)21-10-9-19(24(29-21)32-14-11-18(3)26(32,4)5)25(34)31-38(35,36)20-8-7-13-28-23(20)27/h7-10,12-13,15,17-18H,6,11,14,16H2,1-5H3,(H2,27,28)(H,31,34)/t17-,18?/m0/s1. The van der Waals surface area contributed by atoms with Gasteiger partial charge in [0.1, 0.15) is 16.5 Å². The maximum Gasteiger partial charge on any atom is 0.268 e. The number of nitrogens with one attached hydrogen (secondary N) is 1. The van der Waals surface area contributed by atoms with Gasteiger partial charge in [-0.15, -0.1) is 5.10 Å². The Bertz CT molecular complexity index is 1420. The lowest BCUT2D eigenvalue weighted by atomic mass is 9.90. The van der Waals surface area contributed by atoms with Gasteiger partial charge in [-0.3, -0.25) is 4.79 Å². The van der Waals surface area contributed by atoms with Gasteiger partial charge in [0, 0.05) is 30.5 Å². The van der Waals surface area contributed by atoms with Gasteiger partial charge in [-0.05, 0) is 56.4 Å². The molecular weight excluding hydrogens is 506 g/mol. The van der Waals surface area contributed by atoms with Crippen LogP contribution in [0, 0.1) is 11.8 Å². The van der Waals surface area contributed by atoms with E-state index in [0.29, 0.717) is 42.5 Å². The highest BCUT2D eigenvalue weighted by Crippen LogP contribution is 2.39. The highest BCUT2D eigenvalue weighted by molar-refractivity contribution is 7.90. The van der Waals surface area contributed by atoms with Crippen molar-refractivity contribution < 1.29 is 17.9 Å². The molecule has 0 aliphatic carbocycles. The Morgan fingerprint density at radius 2 is 2.05 bits per heavy atom. The molecule has 1 unspecified atom stereocenters. The van der Waals surface area contributed by atoms with Crippen LogP contribution in [0.2, 0.25) is 0 Å². The number of ether oxygens (including phenoxy) is 1. The van der Waals surface area contributed by atoms with Gasteiger partial charge >= 0.3 is 0 Å². The number of hydrogen-bond acceptors (Lipinski definition) is 9. The summed E-state index contributed by atoms with van der Waals surface area (Å²) in [4.78, 5) is 23.8. The minimum absolute atomic E-state index is 0.127. The average Bonchev–Trinajstić information content (AvgIpc) is 3.46. The Labute approximate surface area is 223 Å². The summed E-state index contributed by atoms with van der Waals surface area (Å²) in [7, 11) is -4.26. The van der Waals surface area contributed by atoms with Crippen LogP contribution in [-0.4, -0.2) is 52.8 Å². The fourth-order valence-electron chi connectivity index (χ4n) is 4.28. The van der Waals surface area contributed by atoms with Crippen molar-refractivity contribution in [2.45, 2.75) is 57.9 Å². The third kappa shape index (κ3) is 5.45. The smallest absolute Gasteiger partial charge is 0.268 e. The van der Waals surface area contributed by atoms with E-state index < -0.39 is 15.9 Å². The topological polar surface area (TPSA) is 145 Å². The Balaban J connectivity index is 1.70. The number of amides is 1. The Morgan fingerprint density at radius 1 is 1.29 bits per heavy atom. The van der Waals surface area contributed by atoms with Gasteiger partial charge in [-0.2, -0.15) is 0 Å². The quantitative estimate of drug-likeness (QED) is 0.416. The number of sulfonamides is 1. The lowest BCUT2D eigenvalue weighted by Crippen LogP contribution is -2.44. The van der Waals surface area contributed by atoms with Crippen LogP contribution < -0.4 is 20.1 Å². The fraction of sp³-hybridized carbons (Fsp3) is 0.462. The molecule has 1 aliphatic rings. The van der Waals surface area contributed by atoms with Crippen LogP contribution in [0.15, 0.2) is 47.6 Å². The number of carbonyl (C=O) groups is 1. The van der Waals surface area contributed by atoms with E-state index in [1.807, 2.05) is 4.90 Å². The predicted molar refractivity (Wildman–Crippen MR) is 145 cm³/mol. The molecule has 12 heteroatoms. The van der Waals surface area contributed by atoms with E-state index in [0.717, 1.165) is 12.8 Å². The van der Waals surface area contributed by atoms with Crippen molar-refractivity contribution in [1.29, 1.82) is 0 Å². The SMILES string of the molecule is CC[C@H](C)COc1ccn(-c2ccc(C(=O)NS(=O)(=O)c3cccnc3N)c(N3CCC(C)C3(C)C)n2)n1. The molecule has 204 valence electrons. The first-order valence-electron chi connectivity index (χ1n) is 12.7. The number of nitrogen functional groups attached to an aromatic ring is 1. The van der Waals surface area contributed by atoms with Gasteiger partial charge < -0.3 is 15.4 Å². The molecule has 4 rings (SSSR count). The van der Waals surface area contributed by atoms with Crippen LogP contribution in [0.3, 0.4) is 0 Å². The molecule has 0 bridgehead atoms. The summed E-state index contributed by atoms with van der Waals surface area (Å²) in [6.45, 7) is 11.7. The number of nitrogens with two attached hydrogens (primary N) is 1. The first kappa shape index (κ1) is 27.4. The Kier molecular flexibility index (Phi) is 7.63. The van der Waals surface area contributed by atoms with E-state index in [9.17, 15) is 13.2 Å². The number of aromatic nitrogens is 4. The summed E-state index contributed by atoms with van der Waals surface area (Å²) in [6.07, 6.45) is 5.02. The maximum atomic E-state index is 13.4. The molecule has 0 radical (unpaired) electrons. The van der Waals surface area contributed by atoms with Gasteiger partial charge in [0.2, 0.25) is 5.88 Å². The molecule has 1 saturated heterocycles. The zero-order valence-electron chi connectivity index (χ0n) is 22.4. The summed E-state index contributed by atoms with van der Waals surface area (Å²) in [5.41, 5.74) is 5.56. The zero-order valence-corrected chi connectivity index (χ0v) is 23.2. The molecule has 0 spiro atoms. The Hall–Kier alpha value is -3.67. The highest BCUT2D eigenvalue weighted by Gasteiger charge is 2.41. The third-order valence-electron chi connectivity index (χ3n) is 7.38. The van der Waals surface area contributed by atoms with Crippen LogP contribution in [0.1, 0.15) is 57.8 Å². The number of nitrogens with zero attached hydrogens (tertiary/aromatic N) is 5. The molecule has 1 aliphatic heterocycles. The second-order valence-electron chi connectivity index (χ2n) is 10.3. The van der Waals surface area contributed by atoms with E-state index in [4.69, 9.17) is 15.5 Å². The molecule has 1 amide bonds. The zero-order chi connectivity index (χ0) is 27.7. The number of rotatable bonds is 9. The van der Waals surface area contributed by atoms with E-state index in [-0.39, 0.29) is 21.8 Å². The highest BCUT2D eigenvalue weighted by atomic mass is 32.2. The summed E-state index contributed by atoms with van der Waals surface area (Å²) in [5.74, 6) is 1.06. The van der Waals surface area contributed by atoms with Crippen molar-refractivity contribution in [2.75, 3.05) is 23.8 Å². The van der Waals surface area contributed by atoms with Gasteiger partial charge in [0.15, 0.2) is 5.82 Å². The van der Waals surface area contributed by atoms with E-state index >= 15 is 0 Å². The van der Waals surface area contributed by atoms with Crippen molar-refractivity contribution in [3.63, 3.8) is 0 Å². The lowest BCUT2D eigenvalue weighted by Gasteiger charge is -2.36. The molecule has 2 atom stereocenters. The largest absolute Gasteiger partial charge is 0.476 e. The van der Waals surface area contributed by atoms with Crippen LogP contribution in [0.4, 0.5) is 11.6 Å². The van der Waals surface area contributed by atoms with E-state index in [1.54, 1.807) is 29.1 Å². The summed E-state index contributed by atoms with van der Waals surface area (Å²) < 4.78 is 35.4. The molecule has 4 heterocycles. The monoisotopic (exact) mass is 541 g/mol. The molecule has 3 aromatic rings. The van der Waals surface area contributed by atoms with Crippen LogP contribution >= 0.6 is 0 Å². The van der Waals surface area contributed by atoms with E-state index in [1.165, 1.54) is 18.3 Å². The van der Waals surface area contributed by atoms with Crippen molar-refractivity contribution in [2.24, 2.45) is 11.8 Å². The molecule has 3 N–H and O–H groups in total. The Morgan fingerprint density at radius 3 is 2.71 bits per heavy atom. The van der Waals surface area contributed by atoms with Crippen molar-refractivity contribution in [1.82, 2.24) is 24.5 Å². The number of pyridine rings is 2. The minimum atomic E-state index is -4.26. The first-order chi connectivity index (χ1) is 17.9. The van der Waals surface area contributed by atoms with Crippen LogP contribution in [0.25, 0.3) is 5.82 Å². The lowest BCUT2D eigenvalue weighted by molar-refractivity contribution is 0.0981. The predicted octanol–water partition coefficient (Wildman–Crippen LogP) is 3.41. The molecule has 0 saturated carbocycles. The molecular formula is C26H35N7O4S. The molecule has 38 heavy (non-hydrogen) atoms. The summed E-state index contributed by atoms with van der Waals surface area (Å²) in [6, 6.07) is 7.69. The van der Waals surface area contributed by atoms with Crippen LogP contribution in [-0.2, 0) is 10.0 Å². The average molecular weight is 542 g/mol. The summed E-state index contributed by atoms with van der Waals surface area (Å²) >= 11 is 0. The van der Waals surface area contributed by atoms with Crippen molar-refractivity contribution in [3.05, 3.63) is 48.3 Å². The van der Waals surface area contributed by atoms with Crippen molar-refractivity contribution >= 4 is 27.6 Å². The van der Waals surface area contributed by atoms with Crippen LogP contribution in [0.5, 0.6) is 5.88 Å². The second-order valence-corrected chi connectivity index (χ2v) is 11.9. The third-order valence-corrected chi connectivity index (χ3v) is 8.75. The van der Waals surface area contributed by atoms with E-state index in [2.05, 4.69) is 49.4 Å². The summed E-state index contributed by atoms with van der Waals surface area (Å²) in [5, 5.41) is 4.49. The maximum absolute atomic E-state index is 13.4. The first-order valence-corrected chi connectivity index (χ1v) is 14.2. The number of carbonyl (C=O) groups excluding carboxylic acids is 1. The molecule has 0 aromatic carbocycles. The second kappa shape index (κ2) is 10.6. The van der Waals surface area contributed by atoms with Gasteiger partial charge in [0.25, 0.3) is 15.9 Å². The normalized spacial score (nSPS) is 17.8. The molecule has 1 fully saturated rings. The van der Waals surface area contributed by atoms with Gasteiger partial charge in [0.05, 0.1) is 12.2 Å². The number of anilines is 2. The number of hydrogen-bond donors (Lipinski definition) is 2. The van der Waals surface area contributed by atoms with Gasteiger partial charge in [-0.25, -0.2) is 27.8 Å². The molecule has 11 nitrogen and oxygen atoms in total. The van der Waals surface area contributed by atoms with Gasteiger partial charge in [-0.1, -0.05) is 27.2 Å².